The zero-order valence-corrected chi connectivity index (χ0v) is 13.5. The molecule has 112 valence electrons. The van der Waals surface area contributed by atoms with Gasteiger partial charge in [-0.15, -0.1) is 0 Å². The molecule has 0 heterocycles. The number of hydrogen-bond acceptors (Lipinski definition) is 2. The number of benzene rings is 1. The van der Waals surface area contributed by atoms with Gasteiger partial charge in [0.25, 0.3) is 0 Å². The first kappa shape index (κ1) is 16.7. The molecule has 20 heavy (non-hydrogen) atoms. The molecule has 0 aliphatic heterocycles. The van der Waals surface area contributed by atoms with Crippen LogP contribution in [0, 0.1) is 0 Å². The summed E-state index contributed by atoms with van der Waals surface area (Å²) in [5.41, 5.74) is 2.55. The molecule has 1 rings (SSSR count). The molecule has 0 aliphatic rings. The molecule has 3 heteroatoms. The van der Waals surface area contributed by atoms with Crippen LogP contribution in [0.15, 0.2) is 24.3 Å². The second-order valence-electron chi connectivity index (χ2n) is 6.09. The predicted molar refractivity (Wildman–Crippen MR) is 84.8 cm³/mol. The molecule has 0 aliphatic carbocycles. The first-order valence-electron chi connectivity index (χ1n) is 7.47. The molecule has 0 saturated carbocycles. The Morgan fingerprint density at radius 3 is 1.85 bits per heavy atom. The SMILES string of the molecule is CC(C)NC(=O)C(C)NC(C)c1ccc(C(C)C)cc1. The van der Waals surface area contributed by atoms with Gasteiger partial charge in [0.2, 0.25) is 5.91 Å². The Morgan fingerprint density at radius 2 is 1.40 bits per heavy atom. The van der Waals surface area contributed by atoms with Crippen molar-refractivity contribution in [1.82, 2.24) is 10.6 Å². The average Bonchev–Trinajstić information content (AvgIpc) is 2.37. The monoisotopic (exact) mass is 276 g/mol. The highest BCUT2D eigenvalue weighted by atomic mass is 16.2. The summed E-state index contributed by atoms with van der Waals surface area (Å²) in [6.07, 6.45) is 0. The maximum absolute atomic E-state index is 11.9. The minimum atomic E-state index is -0.197. The molecular weight excluding hydrogens is 248 g/mol. The first-order valence-corrected chi connectivity index (χ1v) is 7.47. The van der Waals surface area contributed by atoms with Gasteiger partial charge < -0.3 is 5.32 Å². The molecule has 0 spiro atoms. The maximum Gasteiger partial charge on any atom is 0.237 e. The minimum absolute atomic E-state index is 0.0469. The molecule has 0 radical (unpaired) electrons. The van der Waals surface area contributed by atoms with Crippen LogP contribution in [-0.4, -0.2) is 18.0 Å². The van der Waals surface area contributed by atoms with Gasteiger partial charge in [-0.2, -0.15) is 0 Å². The zero-order valence-electron chi connectivity index (χ0n) is 13.5. The fraction of sp³-hybridized carbons (Fsp3) is 0.588. The summed E-state index contributed by atoms with van der Waals surface area (Å²) in [4.78, 5) is 11.9. The summed E-state index contributed by atoms with van der Waals surface area (Å²) >= 11 is 0. The van der Waals surface area contributed by atoms with Crippen molar-refractivity contribution in [2.45, 2.75) is 65.6 Å². The molecule has 2 atom stereocenters. The summed E-state index contributed by atoms with van der Waals surface area (Å²) in [5, 5.41) is 6.26. The van der Waals surface area contributed by atoms with Gasteiger partial charge in [0, 0.05) is 12.1 Å². The topological polar surface area (TPSA) is 41.1 Å². The fourth-order valence-corrected chi connectivity index (χ4v) is 2.13. The van der Waals surface area contributed by atoms with Crippen LogP contribution < -0.4 is 10.6 Å². The molecule has 1 aromatic rings. The van der Waals surface area contributed by atoms with Gasteiger partial charge in [-0.05, 0) is 44.7 Å². The average molecular weight is 276 g/mol. The van der Waals surface area contributed by atoms with Gasteiger partial charge in [-0.25, -0.2) is 0 Å². The molecule has 2 N–H and O–H groups in total. The van der Waals surface area contributed by atoms with Crippen LogP contribution in [-0.2, 0) is 4.79 Å². The van der Waals surface area contributed by atoms with Crippen LogP contribution in [0.3, 0.4) is 0 Å². The van der Waals surface area contributed by atoms with Crippen molar-refractivity contribution in [2.24, 2.45) is 0 Å². The van der Waals surface area contributed by atoms with Crippen molar-refractivity contribution >= 4 is 5.91 Å². The Morgan fingerprint density at radius 1 is 0.900 bits per heavy atom. The van der Waals surface area contributed by atoms with Crippen LogP contribution in [0.1, 0.15) is 64.6 Å². The summed E-state index contributed by atoms with van der Waals surface area (Å²) < 4.78 is 0. The molecule has 3 nitrogen and oxygen atoms in total. The van der Waals surface area contributed by atoms with E-state index in [-0.39, 0.29) is 24.0 Å². The van der Waals surface area contributed by atoms with Crippen molar-refractivity contribution < 1.29 is 4.79 Å². The Bertz CT molecular complexity index is 423. The number of amides is 1. The molecule has 2 unspecified atom stereocenters. The van der Waals surface area contributed by atoms with E-state index < -0.39 is 0 Å². The van der Waals surface area contributed by atoms with E-state index in [0.717, 1.165) is 0 Å². The lowest BCUT2D eigenvalue weighted by atomic mass is 9.99. The second kappa shape index (κ2) is 7.44. The largest absolute Gasteiger partial charge is 0.353 e. The van der Waals surface area contributed by atoms with Crippen LogP contribution in [0.4, 0.5) is 0 Å². The van der Waals surface area contributed by atoms with Crippen LogP contribution in [0.5, 0.6) is 0 Å². The molecule has 1 aromatic carbocycles. The highest BCUT2D eigenvalue weighted by Gasteiger charge is 2.16. The second-order valence-corrected chi connectivity index (χ2v) is 6.09. The molecule has 0 aromatic heterocycles. The predicted octanol–water partition coefficient (Wildman–Crippen LogP) is 3.37. The van der Waals surface area contributed by atoms with Crippen molar-refractivity contribution in [3.05, 3.63) is 35.4 Å². The number of hydrogen-bond donors (Lipinski definition) is 2. The molecule has 0 fully saturated rings. The van der Waals surface area contributed by atoms with Crippen LogP contribution in [0.2, 0.25) is 0 Å². The summed E-state index contributed by atoms with van der Waals surface area (Å²) in [7, 11) is 0. The van der Waals surface area contributed by atoms with Gasteiger partial charge in [-0.1, -0.05) is 38.1 Å². The molecule has 1 amide bonds. The standard InChI is InChI=1S/C17H28N2O/c1-11(2)15-7-9-16(10-8-15)13(5)19-14(6)17(20)18-12(3)4/h7-14,19H,1-6H3,(H,18,20). The highest BCUT2D eigenvalue weighted by Crippen LogP contribution is 2.18. The summed E-state index contributed by atoms with van der Waals surface area (Å²) in [6.45, 7) is 12.3. The van der Waals surface area contributed by atoms with E-state index in [4.69, 9.17) is 0 Å². The van der Waals surface area contributed by atoms with Gasteiger partial charge in [0.15, 0.2) is 0 Å². The third-order valence-electron chi connectivity index (χ3n) is 3.43. The lowest BCUT2D eigenvalue weighted by Gasteiger charge is -2.21. The summed E-state index contributed by atoms with van der Waals surface area (Å²) in [5.74, 6) is 0.591. The third-order valence-corrected chi connectivity index (χ3v) is 3.43. The quantitative estimate of drug-likeness (QED) is 0.836. The van der Waals surface area contributed by atoms with E-state index in [0.29, 0.717) is 5.92 Å². The Hall–Kier alpha value is -1.35. The van der Waals surface area contributed by atoms with Crippen LogP contribution >= 0.6 is 0 Å². The van der Waals surface area contributed by atoms with E-state index in [1.165, 1.54) is 11.1 Å². The fourth-order valence-electron chi connectivity index (χ4n) is 2.13. The van der Waals surface area contributed by atoms with E-state index in [1.54, 1.807) is 0 Å². The smallest absolute Gasteiger partial charge is 0.237 e. The van der Waals surface area contributed by atoms with E-state index in [2.05, 4.69) is 55.7 Å². The molecular formula is C17H28N2O. The molecule has 0 saturated heterocycles. The Kier molecular flexibility index (Phi) is 6.21. The zero-order chi connectivity index (χ0) is 15.3. The van der Waals surface area contributed by atoms with Crippen molar-refractivity contribution in [2.75, 3.05) is 0 Å². The van der Waals surface area contributed by atoms with E-state index >= 15 is 0 Å². The molecule has 0 bridgehead atoms. The van der Waals surface area contributed by atoms with E-state index in [9.17, 15) is 4.79 Å². The number of nitrogens with one attached hydrogen (secondary N) is 2. The van der Waals surface area contributed by atoms with Crippen molar-refractivity contribution in [3.8, 4) is 0 Å². The lowest BCUT2D eigenvalue weighted by Crippen LogP contribution is -2.45. The number of rotatable bonds is 6. The lowest BCUT2D eigenvalue weighted by molar-refractivity contribution is -0.123. The maximum atomic E-state index is 11.9. The summed E-state index contributed by atoms with van der Waals surface area (Å²) in [6, 6.07) is 8.74. The third kappa shape index (κ3) is 4.97. The van der Waals surface area contributed by atoms with Crippen LogP contribution in [0.25, 0.3) is 0 Å². The highest BCUT2D eigenvalue weighted by molar-refractivity contribution is 5.81. The van der Waals surface area contributed by atoms with E-state index in [1.807, 2.05) is 20.8 Å². The van der Waals surface area contributed by atoms with Crippen molar-refractivity contribution in [1.29, 1.82) is 0 Å². The Labute approximate surface area is 123 Å². The number of carbonyl (C=O) groups is 1. The first-order chi connectivity index (χ1) is 9.31. The van der Waals surface area contributed by atoms with Gasteiger partial charge in [0.05, 0.1) is 6.04 Å². The van der Waals surface area contributed by atoms with Crippen molar-refractivity contribution in [3.63, 3.8) is 0 Å². The van der Waals surface area contributed by atoms with Gasteiger partial charge in [-0.3, -0.25) is 10.1 Å². The number of carbonyl (C=O) groups excluding carboxylic acids is 1. The van der Waals surface area contributed by atoms with Gasteiger partial charge >= 0.3 is 0 Å². The van der Waals surface area contributed by atoms with Gasteiger partial charge in [0.1, 0.15) is 0 Å². The Balaban J connectivity index is 2.61. The normalized spacial score (nSPS) is 14.4. The minimum Gasteiger partial charge on any atom is -0.353 e.